The normalized spacial score (nSPS) is 15.0. The van der Waals surface area contributed by atoms with Crippen LogP contribution in [-0.4, -0.2) is 23.2 Å². The number of aromatic nitrogens is 3. The highest BCUT2D eigenvalue weighted by Crippen LogP contribution is 2.33. The molecule has 30 heavy (non-hydrogen) atoms. The van der Waals surface area contributed by atoms with Gasteiger partial charge in [0.1, 0.15) is 0 Å². The van der Waals surface area contributed by atoms with Crippen molar-refractivity contribution in [2.45, 2.75) is 63.9 Å². The van der Waals surface area contributed by atoms with Crippen molar-refractivity contribution in [1.82, 2.24) is 19.5 Å². The van der Waals surface area contributed by atoms with Crippen molar-refractivity contribution in [3.8, 4) is 11.4 Å². The molecule has 2 heterocycles. The lowest BCUT2D eigenvalue weighted by Crippen LogP contribution is -2.24. The highest BCUT2D eigenvalue weighted by molar-refractivity contribution is 7.89. The molecule has 0 unspecified atom stereocenters. The third kappa shape index (κ3) is 4.18. The summed E-state index contributed by atoms with van der Waals surface area (Å²) in [5.74, 6) is 0. The van der Waals surface area contributed by atoms with Gasteiger partial charge >= 0.3 is 0 Å². The second-order valence-electron chi connectivity index (χ2n) is 8.15. The molecule has 2 aromatic heterocycles. The van der Waals surface area contributed by atoms with Crippen LogP contribution in [-0.2, 0) is 16.6 Å². The maximum atomic E-state index is 12.9. The molecule has 7 heteroatoms. The number of aryl methyl sites for hydroxylation is 3. The summed E-state index contributed by atoms with van der Waals surface area (Å²) in [6.45, 7) is 5.89. The van der Waals surface area contributed by atoms with Gasteiger partial charge in [0.25, 0.3) is 0 Å². The minimum absolute atomic E-state index is 0.147. The predicted molar refractivity (Wildman–Crippen MR) is 118 cm³/mol. The van der Waals surface area contributed by atoms with E-state index in [1.54, 1.807) is 12.3 Å². The standard InChI is InChI=1S/C23H28N4O2S/c1-16-12-18(3)23(13-17(16)2)30(28,29)25-15-19-14-22(21-10-6-7-11-24-21)27(26-19)20-8-4-5-9-20/h6-7,10-14,20,25H,4-5,8-9,15H2,1-3H3. The number of rotatable bonds is 6. The Morgan fingerprint density at radius 1 is 1.03 bits per heavy atom. The van der Waals surface area contributed by atoms with Crippen LogP contribution < -0.4 is 4.72 Å². The Hall–Kier alpha value is -2.51. The van der Waals surface area contributed by atoms with E-state index in [-0.39, 0.29) is 6.54 Å². The monoisotopic (exact) mass is 424 g/mol. The van der Waals surface area contributed by atoms with E-state index in [0.29, 0.717) is 16.6 Å². The summed E-state index contributed by atoms with van der Waals surface area (Å²) in [6.07, 6.45) is 6.34. The zero-order valence-electron chi connectivity index (χ0n) is 17.7. The number of hydrogen-bond acceptors (Lipinski definition) is 4. The van der Waals surface area contributed by atoms with Crippen molar-refractivity contribution in [3.63, 3.8) is 0 Å². The first-order valence-corrected chi connectivity index (χ1v) is 11.9. The Labute approximate surface area is 178 Å². The van der Waals surface area contributed by atoms with Gasteiger partial charge in [-0.1, -0.05) is 25.0 Å². The molecule has 1 aromatic carbocycles. The number of pyridine rings is 1. The van der Waals surface area contributed by atoms with Gasteiger partial charge < -0.3 is 0 Å². The molecule has 0 radical (unpaired) electrons. The molecule has 3 aromatic rings. The average Bonchev–Trinajstić information content (AvgIpc) is 3.39. The Kier molecular flexibility index (Phi) is 5.75. The van der Waals surface area contributed by atoms with Crippen LogP contribution in [0, 0.1) is 20.8 Å². The van der Waals surface area contributed by atoms with Gasteiger partial charge in [-0.15, -0.1) is 0 Å². The zero-order valence-corrected chi connectivity index (χ0v) is 18.5. The summed E-state index contributed by atoms with van der Waals surface area (Å²) in [6, 6.07) is 11.8. The lowest BCUT2D eigenvalue weighted by atomic mass is 10.1. The van der Waals surface area contributed by atoms with Crippen LogP contribution in [0.5, 0.6) is 0 Å². The van der Waals surface area contributed by atoms with Gasteiger partial charge in [-0.05, 0) is 74.6 Å². The van der Waals surface area contributed by atoms with Gasteiger partial charge in [0.15, 0.2) is 0 Å². The first-order chi connectivity index (χ1) is 14.3. The predicted octanol–water partition coefficient (Wildman–Crippen LogP) is 4.46. The van der Waals surface area contributed by atoms with Gasteiger partial charge in [-0.3, -0.25) is 9.67 Å². The molecule has 0 amide bonds. The van der Waals surface area contributed by atoms with E-state index in [0.717, 1.165) is 40.9 Å². The third-order valence-electron chi connectivity index (χ3n) is 5.91. The lowest BCUT2D eigenvalue weighted by Gasteiger charge is -2.13. The largest absolute Gasteiger partial charge is 0.260 e. The number of nitrogens with one attached hydrogen (secondary N) is 1. The minimum atomic E-state index is -3.63. The molecule has 1 aliphatic rings. The fourth-order valence-electron chi connectivity index (χ4n) is 4.13. The van der Waals surface area contributed by atoms with Gasteiger partial charge in [0, 0.05) is 6.20 Å². The summed E-state index contributed by atoms with van der Waals surface area (Å²) in [7, 11) is -3.63. The van der Waals surface area contributed by atoms with Crippen LogP contribution in [0.3, 0.4) is 0 Å². The van der Waals surface area contributed by atoms with Crippen LogP contribution in [0.15, 0.2) is 47.5 Å². The summed E-state index contributed by atoms with van der Waals surface area (Å²) in [5, 5.41) is 4.77. The van der Waals surface area contributed by atoms with Crippen molar-refractivity contribution < 1.29 is 8.42 Å². The molecular weight excluding hydrogens is 396 g/mol. The first-order valence-electron chi connectivity index (χ1n) is 10.4. The van der Waals surface area contributed by atoms with E-state index in [4.69, 9.17) is 5.10 Å². The smallest absolute Gasteiger partial charge is 0.241 e. The third-order valence-corrected chi connectivity index (χ3v) is 7.45. The fourth-order valence-corrected chi connectivity index (χ4v) is 5.44. The highest BCUT2D eigenvalue weighted by Gasteiger charge is 2.24. The Morgan fingerprint density at radius 3 is 2.47 bits per heavy atom. The van der Waals surface area contributed by atoms with E-state index in [1.165, 1.54) is 12.8 Å². The van der Waals surface area contributed by atoms with Crippen molar-refractivity contribution >= 4 is 10.0 Å². The number of hydrogen-bond donors (Lipinski definition) is 1. The Morgan fingerprint density at radius 2 is 1.77 bits per heavy atom. The minimum Gasteiger partial charge on any atom is -0.260 e. The second kappa shape index (κ2) is 8.32. The second-order valence-corrected chi connectivity index (χ2v) is 9.88. The first kappa shape index (κ1) is 20.8. The zero-order chi connectivity index (χ0) is 21.3. The molecule has 0 bridgehead atoms. The van der Waals surface area contributed by atoms with Crippen molar-refractivity contribution in [1.29, 1.82) is 0 Å². The quantitative estimate of drug-likeness (QED) is 0.634. The van der Waals surface area contributed by atoms with Gasteiger partial charge in [0.05, 0.1) is 34.6 Å². The Bertz CT molecular complexity index is 1150. The van der Waals surface area contributed by atoms with E-state index in [9.17, 15) is 8.42 Å². The van der Waals surface area contributed by atoms with Crippen LogP contribution in [0.4, 0.5) is 0 Å². The van der Waals surface area contributed by atoms with Crippen LogP contribution in [0.25, 0.3) is 11.4 Å². The topological polar surface area (TPSA) is 76.9 Å². The molecule has 4 rings (SSSR count). The molecule has 158 valence electrons. The molecule has 0 saturated heterocycles. The Balaban J connectivity index is 1.61. The molecule has 0 spiro atoms. The lowest BCUT2D eigenvalue weighted by molar-refractivity contribution is 0.466. The van der Waals surface area contributed by atoms with E-state index >= 15 is 0 Å². The molecule has 0 aliphatic heterocycles. The SMILES string of the molecule is Cc1cc(C)c(S(=O)(=O)NCc2cc(-c3ccccn3)n(C3CCCC3)n2)cc1C. The van der Waals surface area contributed by atoms with Gasteiger partial charge in [-0.25, -0.2) is 13.1 Å². The van der Waals surface area contributed by atoms with Gasteiger partial charge in [-0.2, -0.15) is 5.10 Å². The van der Waals surface area contributed by atoms with E-state index in [1.807, 2.05) is 55.8 Å². The van der Waals surface area contributed by atoms with Crippen LogP contribution >= 0.6 is 0 Å². The maximum absolute atomic E-state index is 12.9. The summed E-state index contributed by atoms with van der Waals surface area (Å²) in [5.41, 5.74) is 5.30. The molecule has 1 N–H and O–H groups in total. The summed E-state index contributed by atoms with van der Waals surface area (Å²) >= 11 is 0. The molecule has 6 nitrogen and oxygen atoms in total. The van der Waals surface area contributed by atoms with Gasteiger partial charge in [0.2, 0.25) is 10.0 Å². The number of nitrogens with zero attached hydrogens (tertiary/aromatic N) is 3. The fraction of sp³-hybridized carbons (Fsp3) is 0.391. The molecular formula is C23H28N4O2S. The number of benzene rings is 1. The molecule has 1 aliphatic carbocycles. The van der Waals surface area contributed by atoms with E-state index < -0.39 is 10.0 Å². The van der Waals surface area contributed by atoms with Crippen LogP contribution in [0.2, 0.25) is 0 Å². The van der Waals surface area contributed by atoms with Crippen molar-refractivity contribution in [3.05, 3.63) is 65.0 Å². The summed E-state index contributed by atoms with van der Waals surface area (Å²) in [4.78, 5) is 4.81. The molecule has 1 fully saturated rings. The number of sulfonamides is 1. The molecule has 1 saturated carbocycles. The highest BCUT2D eigenvalue weighted by atomic mass is 32.2. The van der Waals surface area contributed by atoms with Crippen LogP contribution in [0.1, 0.15) is 54.1 Å². The van der Waals surface area contributed by atoms with Crippen molar-refractivity contribution in [2.24, 2.45) is 0 Å². The maximum Gasteiger partial charge on any atom is 0.241 e. The molecule has 0 atom stereocenters. The van der Waals surface area contributed by atoms with Crippen molar-refractivity contribution in [2.75, 3.05) is 0 Å². The average molecular weight is 425 g/mol. The van der Waals surface area contributed by atoms with E-state index in [2.05, 4.69) is 9.71 Å². The summed E-state index contributed by atoms with van der Waals surface area (Å²) < 4.78 is 30.7.